The highest BCUT2D eigenvalue weighted by molar-refractivity contribution is 6.50. The van der Waals surface area contributed by atoms with Crippen LogP contribution in [0.15, 0.2) is 48.0 Å². The second-order valence-corrected chi connectivity index (χ2v) is 9.84. The largest absolute Gasteiger partial charge is 0.872 e. The smallest absolute Gasteiger partial charge is 0.296 e. The average molecular weight is 506 g/mol. The SMILES string of the molecule is CCCN1C(=O)C2(C(=C([O-])c3ccc4c(c3)OCCO4)C(=O)C(=O)N2CCC[NH+](C)C)c2ccccc21. The summed E-state index contributed by atoms with van der Waals surface area (Å²) in [4.78, 5) is 45.6. The van der Waals surface area contributed by atoms with Crippen LogP contribution < -0.4 is 24.4 Å². The van der Waals surface area contributed by atoms with Crippen molar-refractivity contribution in [3.05, 3.63) is 59.2 Å². The number of Topliss-reactive ketones (excluding diaryl/α,β-unsaturated/α-hetero) is 1. The Morgan fingerprint density at radius 2 is 1.76 bits per heavy atom. The molecule has 194 valence electrons. The molecule has 1 N–H and O–H groups in total. The molecule has 5 rings (SSSR count). The minimum atomic E-state index is -1.80. The van der Waals surface area contributed by atoms with Crippen LogP contribution in [0.3, 0.4) is 0 Å². The summed E-state index contributed by atoms with van der Waals surface area (Å²) in [6.45, 7) is 4.00. The molecule has 2 aromatic carbocycles. The summed E-state index contributed by atoms with van der Waals surface area (Å²) in [6.07, 6.45) is 1.24. The minimum Gasteiger partial charge on any atom is -0.872 e. The van der Waals surface area contributed by atoms with Crippen molar-refractivity contribution >= 4 is 29.0 Å². The quantitative estimate of drug-likeness (QED) is 0.326. The van der Waals surface area contributed by atoms with Gasteiger partial charge in [0, 0.05) is 30.6 Å². The third-order valence-corrected chi connectivity index (χ3v) is 7.11. The molecule has 0 aromatic heterocycles. The fourth-order valence-corrected chi connectivity index (χ4v) is 5.52. The Kier molecular flexibility index (Phi) is 6.41. The van der Waals surface area contributed by atoms with Crippen LogP contribution in [0.4, 0.5) is 5.69 Å². The Bertz CT molecular complexity index is 1300. The van der Waals surface area contributed by atoms with E-state index < -0.39 is 28.9 Å². The zero-order chi connectivity index (χ0) is 26.3. The van der Waals surface area contributed by atoms with E-state index in [4.69, 9.17) is 9.47 Å². The zero-order valence-corrected chi connectivity index (χ0v) is 21.3. The molecule has 3 aliphatic rings. The summed E-state index contributed by atoms with van der Waals surface area (Å²) in [6, 6.07) is 11.8. The van der Waals surface area contributed by atoms with Gasteiger partial charge < -0.3 is 29.3 Å². The first-order valence-electron chi connectivity index (χ1n) is 12.7. The lowest BCUT2D eigenvalue weighted by Crippen LogP contribution is -3.05. The predicted octanol–water partition coefficient (Wildman–Crippen LogP) is 0.127. The molecule has 0 bridgehead atoms. The van der Waals surface area contributed by atoms with E-state index >= 15 is 0 Å². The maximum Gasteiger partial charge on any atom is 0.296 e. The van der Waals surface area contributed by atoms with Crippen molar-refractivity contribution in [2.24, 2.45) is 0 Å². The number of quaternary nitrogens is 1. The zero-order valence-electron chi connectivity index (χ0n) is 21.3. The molecule has 1 spiro atoms. The Hall–Kier alpha value is -3.85. The molecule has 1 saturated heterocycles. The molecule has 2 aromatic rings. The van der Waals surface area contributed by atoms with Gasteiger partial charge in [-0.2, -0.15) is 0 Å². The van der Waals surface area contributed by atoms with Crippen LogP contribution in [-0.4, -0.2) is 69.4 Å². The third-order valence-electron chi connectivity index (χ3n) is 7.11. The van der Waals surface area contributed by atoms with Gasteiger partial charge in [0.25, 0.3) is 11.8 Å². The van der Waals surface area contributed by atoms with Gasteiger partial charge in [-0.25, -0.2) is 0 Å². The standard InChI is InChI=1S/C28H31N3O6/c1-4-12-30-20-9-6-5-8-19(20)28(27(30)35)23(25(33)26(34)31(28)14-7-13-29(2)3)24(32)18-10-11-21-22(17-18)37-16-15-36-21/h5-6,8-11,17,32H,4,7,12-16H2,1-3H3. The molecule has 2 amide bonds. The van der Waals surface area contributed by atoms with Crippen LogP contribution in [0.1, 0.15) is 30.9 Å². The summed E-state index contributed by atoms with van der Waals surface area (Å²) in [7, 11) is 3.99. The molecule has 1 atom stereocenters. The molecule has 1 fully saturated rings. The number of rotatable bonds is 7. The predicted molar refractivity (Wildman–Crippen MR) is 134 cm³/mol. The Balaban J connectivity index is 1.74. The van der Waals surface area contributed by atoms with Crippen LogP contribution in [-0.2, 0) is 19.9 Å². The number of anilines is 1. The number of nitrogens with one attached hydrogen (secondary N) is 1. The fraction of sp³-hybridized carbons (Fsp3) is 0.393. The van der Waals surface area contributed by atoms with Crippen LogP contribution in [0, 0.1) is 0 Å². The van der Waals surface area contributed by atoms with E-state index in [1.165, 1.54) is 15.9 Å². The first-order chi connectivity index (χ1) is 17.8. The minimum absolute atomic E-state index is 0.165. The molecule has 9 heteroatoms. The number of ketones is 1. The summed E-state index contributed by atoms with van der Waals surface area (Å²) in [5.74, 6) is -1.96. The highest BCUT2D eigenvalue weighted by Gasteiger charge is 2.65. The molecule has 3 aliphatic heterocycles. The van der Waals surface area contributed by atoms with Gasteiger partial charge in [0.15, 0.2) is 17.0 Å². The molecule has 1 unspecified atom stereocenters. The maximum atomic E-state index is 14.3. The Morgan fingerprint density at radius 3 is 2.49 bits per heavy atom. The molecule has 0 radical (unpaired) electrons. The van der Waals surface area contributed by atoms with E-state index in [2.05, 4.69) is 0 Å². The number of hydrogen-bond donors (Lipinski definition) is 1. The average Bonchev–Trinajstić information content (AvgIpc) is 3.27. The first kappa shape index (κ1) is 24.8. The van der Waals surface area contributed by atoms with Gasteiger partial charge in [-0.15, -0.1) is 0 Å². The number of para-hydroxylation sites is 1. The second-order valence-electron chi connectivity index (χ2n) is 9.84. The van der Waals surface area contributed by atoms with Crippen molar-refractivity contribution in [1.82, 2.24) is 4.90 Å². The van der Waals surface area contributed by atoms with Crippen LogP contribution in [0.5, 0.6) is 11.5 Å². The lowest BCUT2D eigenvalue weighted by atomic mass is 9.81. The fourth-order valence-electron chi connectivity index (χ4n) is 5.52. The van der Waals surface area contributed by atoms with Gasteiger partial charge in [-0.05, 0) is 30.2 Å². The van der Waals surface area contributed by atoms with E-state index in [0.717, 1.165) is 6.54 Å². The van der Waals surface area contributed by atoms with E-state index in [0.29, 0.717) is 55.4 Å². The van der Waals surface area contributed by atoms with Gasteiger partial charge in [-0.1, -0.05) is 36.9 Å². The van der Waals surface area contributed by atoms with Crippen molar-refractivity contribution in [2.75, 3.05) is 51.8 Å². The molecule has 37 heavy (non-hydrogen) atoms. The first-order valence-corrected chi connectivity index (χ1v) is 12.7. The summed E-state index contributed by atoms with van der Waals surface area (Å²) >= 11 is 0. The molecular formula is C28H31N3O6. The number of fused-ring (bicyclic) bond motifs is 3. The number of benzene rings is 2. The van der Waals surface area contributed by atoms with E-state index in [9.17, 15) is 19.5 Å². The topological polar surface area (TPSA) is 104 Å². The molecule has 3 heterocycles. The number of likely N-dealkylation sites (tertiary alicyclic amines) is 1. The Morgan fingerprint density at radius 1 is 1.03 bits per heavy atom. The van der Waals surface area contributed by atoms with Crippen LogP contribution >= 0.6 is 0 Å². The van der Waals surface area contributed by atoms with E-state index in [1.807, 2.05) is 27.1 Å². The number of hydrogen-bond acceptors (Lipinski definition) is 6. The van der Waals surface area contributed by atoms with Crippen molar-refractivity contribution in [3.8, 4) is 11.5 Å². The van der Waals surface area contributed by atoms with Crippen LogP contribution in [0.2, 0.25) is 0 Å². The number of nitrogens with zero attached hydrogens (tertiary/aromatic N) is 2. The number of amides is 2. The lowest BCUT2D eigenvalue weighted by Gasteiger charge is -2.36. The van der Waals surface area contributed by atoms with Crippen molar-refractivity contribution in [1.29, 1.82) is 0 Å². The van der Waals surface area contributed by atoms with Gasteiger partial charge in [0.1, 0.15) is 13.2 Å². The summed E-state index contributed by atoms with van der Waals surface area (Å²) in [5, 5.41) is 14.1. The van der Waals surface area contributed by atoms with Gasteiger partial charge >= 0.3 is 0 Å². The monoisotopic (exact) mass is 505 g/mol. The lowest BCUT2D eigenvalue weighted by molar-refractivity contribution is -0.858. The number of carbonyl (C=O) groups excluding carboxylic acids is 3. The van der Waals surface area contributed by atoms with Crippen molar-refractivity contribution in [3.63, 3.8) is 0 Å². The highest BCUT2D eigenvalue weighted by atomic mass is 16.6. The summed E-state index contributed by atoms with van der Waals surface area (Å²) < 4.78 is 11.2. The van der Waals surface area contributed by atoms with Gasteiger partial charge in [0.05, 0.1) is 26.3 Å². The van der Waals surface area contributed by atoms with E-state index in [1.54, 1.807) is 35.2 Å². The second kappa shape index (κ2) is 9.55. The Labute approximate surface area is 215 Å². The maximum absolute atomic E-state index is 14.3. The summed E-state index contributed by atoms with van der Waals surface area (Å²) in [5.41, 5.74) is -0.842. The molecule has 0 aliphatic carbocycles. The van der Waals surface area contributed by atoms with Gasteiger partial charge in [-0.3, -0.25) is 14.4 Å². The van der Waals surface area contributed by atoms with Crippen molar-refractivity contribution < 1.29 is 33.9 Å². The van der Waals surface area contributed by atoms with E-state index in [-0.39, 0.29) is 17.7 Å². The number of ether oxygens (including phenoxy) is 2. The highest BCUT2D eigenvalue weighted by Crippen LogP contribution is 2.53. The van der Waals surface area contributed by atoms with Crippen LogP contribution in [0.25, 0.3) is 5.76 Å². The molecule has 0 saturated carbocycles. The molecule has 9 nitrogen and oxygen atoms in total. The third kappa shape index (κ3) is 3.76. The van der Waals surface area contributed by atoms with Crippen molar-refractivity contribution in [2.45, 2.75) is 25.3 Å². The normalized spacial score (nSPS) is 21.9. The van der Waals surface area contributed by atoms with Gasteiger partial charge in [0.2, 0.25) is 5.78 Å². The molecular weight excluding hydrogens is 474 g/mol. The number of carbonyl (C=O) groups is 3.